The summed E-state index contributed by atoms with van der Waals surface area (Å²) in [5, 5.41) is 0. The Morgan fingerprint density at radius 1 is 0.957 bits per heavy atom. The highest BCUT2D eigenvalue weighted by Crippen LogP contribution is 2.33. The number of unbranched alkanes of at least 4 members (excludes halogenated alkanes) is 1. The Bertz CT molecular complexity index is 415. The van der Waals surface area contributed by atoms with E-state index in [1.807, 2.05) is 27.7 Å². The van der Waals surface area contributed by atoms with E-state index in [1.54, 1.807) is 6.92 Å². The maximum absolute atomic E-state index is 12.3. The SMILES string of the molecule is CCCCOC(=O)OC(=O)C(C)(CSC(C)(C)C)C(=O)OCC. The van der Waals surface area contributed by atoms with Crippen LogP contribution in [0.3, 0.4) is 0 Å². The van der Waals surface area contributed by atoms with Gasteiger partial charge in [0.2, 0.25) is 0 Å². The first-order valence-electron chi connectivity index (χ1n) is 7.77. The van der Waals surface area contributed by atoms with Crippen LogP contribution in [-0.4, -0.2) is 41.8 Å². The number of carbonyl (C=O) groups excluding carboxylic acids is 3. The normalized spacial score (nSPS) is 13.8. The second kappa shape index (κ2) is 9.80. The molecule has 1 atom stereocenters. The second-order valence-electron chi connectivity index (χ2n) is 6.30. The van der Waals surface area contributed by atoms with Gasteiger partial charge < -0.3 is 14.2 Å². The van der Waals surface area contributed by atoms with E-state index in [9.17, 15) is 14.4 Å². The molecule has 0 aliphatic heterocycles. The van der Waals surface area contributed by atoms with E-state index in [2.05, 4.69) is 4.74 Å². The van der Waals surface area contributed by atoms with Crippen molar-refractivity contribution < 1.29 is 28.6 Å². The van der Waals surface area contributed by atoms with Gasteiger partial charge in [-0.15, -0.1) is 0 Å². The van der Waals surface area contributed by atoms with Crippen molar-refractivity contribution in [3.63, 3.8) is 0 Å². The molecule has 0 saturated heterocycles. The molecule has 0 N–H and O–H groups in total. The summed E-state index contributed by atoms with van der Waals surface area (Å²) in [6, 6.07) is 0. The lowest BCUT2D eigenvalue weighted by Gasteiger charge is -2.27. The molecule has 6 nitrogen and oxygen atoms in total. The van der Waals surface area contributed by atoms with E-state index in [1.165, 1.54) is 18.7 Å². The number of hydrogen-bond donors (Lipinski definition) is 0. The molecule has 0 aliphatic carbocycles. The zero-order chi connectivity index (χ0) is 18.1. The largest absolute Gasteiger partial charge is 0.516 e. The summed E-state index contributed by atoms with van der Waals surface area (Å²) in [6.07, 6.45) is 0.446. The topological polar surface area (TPSA) is 78.9 Å². The number of esters is 2. The molecule has 0 heterocycles. The predicted molar refractivity (Wildman–Crippen MR) is 89.3 cm³/mol. The zero-order valence-electron chi connectivity index (χ0n) is 14.9. The third kappa shape index (κ3) is 8.25. The number of rotatable bonds is 8. The number of hydrogen-bond acceptors (Lipinski definition) is 7. The lowest BCUT2D eigenvalue weighted by molar-refractivity contribution is -0.166. The second-order valence-corrected chi connectivity index (χ2v) is 8.10. The van der Waals surface area contributed by atoms with Crippen molar-refractivity contribution in [2.45, 2.75) is 59.1 Å². The Hall–Kier alpha value is -1.24. The summed E-state index contributed by atoms with van der Waals surface area (Å²) in [5.41, 5.74) is -1.56. The van der Waals surface area contributed by atoms with Crippen molar-refractivity contribution in [1.82, 2.24) is 0 Å². The minimum atomic E-state index is -1.56. The van der Waals surface area contributed by atoms with Crippen molar-refractivity contribution in [3.8, 4) is 0 Å². The third-order valence-corrected chi connectivity index (χ3v) is 4.45. The summed E-state index contributed by atoms with van der Waals surface area (Å²) < 4.78 is 14.3. The molecule has 0 aromatic carbocycles. The summed E-state index contributed by atoms with van der Waals surface area (Å²) in [7, 11) is 0. The first-order valence-corrected chi connectivity index (χ1v) is 8.75. The van der Waals surface area contributed by atoms with Crippen LogP contribution in [0.15, 0.2) is 0 Å². The van der Waals surface area contributed by atoms with Gasteiger partial charge in [0.15, 0.2) is 5.41 Å². The minimum absolute atomic E-state index is 0.142. The van der Waals surface area contributed by atoms with Gasteiger partial charge in [-0.25, -0.2) is 4.79 Å². The summed E-state index contributed by atoms with van der Waals surface area (Å²) in [5.74, 6) is -1.51. The van der Waals surface area contributed by atoms with Crippen molar-refractivity contribution in [1.29, 1.82) is 0 Å². The van der Waals surface area contributed by atoms with Crippen LogP contribution in [0.4, 0.5) is 4.79 Å². The van der Waals surface area contributed by atoms with Gasteiger partial charge in [0.05, 0.1) is 13.2 Å². The lowest BCUT2D eigenvalue weighted by Crippen LogP contribution is -2.43. The third-order valence-electron chi connectivity index (χ3n) is 2.86. The van der Waals surface area contributed by atoms with Crippen LogP contribution in [0.1, 0.15) is 54.4 Å². The van der Waals surface area contributed by atoms with E-state index < -0.39 is 23.5 Å². The summed E-state index contributed by atoms with van der Waals surface area (Å²) in [6.45, 7) is 11.2. The molecule has 0 fully saturated rings. The lowest BCUT2D eigenvalue weighted by atomic mass is 9.93. The summed E-state index contributed by atoms with van der Waals surface area (Å²) in [4.78, 5) is 36.0. The molecule has 0 aromatic heterocycles. The fourth-order valence-electron chi connectivity index (χ4n) is 1.37. The fourth-order valence-corrected chi connectivity index (χ4v) is 2.33. The zero-order valence-corrected chi connectivity index (χ0v) is 15.7. The van der Waals surface area contributed by atoms with E-state index in [-0.39, 0.29) is 23.7 Å². The van der Waals surface area contributed by atoms with E-state index in [0.29, 0.717) is 6.42 Å². The first kappa shape index (κ1) is 21.8. The molecule has 0 bridgehead atoms. The van der Waals surface area contributed by atoms with E-state index in [4.69, 9.17) is 9.47 Å². The Kier molecular flexibility index (Phi) is 9.27. The standard InChI is InChI=1S/C16H28O6S/c1-7-9-10-21-14(19)22-13(18)16(6,12(17)20-8-2)11-23-15(3,4)5/h7-11H2,1-6H3. The van der Waals surface area contributed by atoms with Gasteiger partial charge in [-0.1, -0.05) is 34.1 Å². The van der Waals surface area contributed by atoms with E-state index in [0.717, 1.165) is 6.42 Å². The van der Waals surface area contributed by atoms with Crippen LogP contribution in [0, 0.1) is 5.41 Å². The van der Waals surface area contributed by atoms with Gasteiger partial charge in [-0.3, -0.25) is 9.59 Å². The minimum Gasteiger partial charge on any atom is -0.465 e. The van der Waals surface area contributed by atoms with Crippen LogP contribution >= 0.6 is 11.8 Å². The number of carbonyl (C=O) groups is 3. The van der Waals surface area contributed by atoms with Gasteiger partial charge in [0.25, 0.3) is 0 Å². The van der Waals surface area contributed by atoms with Crippen molar-refractivity contribution >= 4 is 29.9 Å². The molecule has 0 aromatic rings. The fraction of sp³-hybridized carbons (Fsp3) is 0.812. The molecule has 23 heavy (non-hydrogen) atoms. The monoisotopic (exact) mass is 348 g/mol. The predicted octanol–water partition coefficient (Wildman–Crippen LogP) is 3.57. The highest BCUT2D eigenvalue weighted by molar-refractivity contribution is 8.00. The van der Waals surface area contributed by atoms with Gasteiger partial charge in [-0.05, 0) is 20.3 Å². The van der Waals surface area contributed by atoms with Crippen LogP contribution in [0.25, 0.3) is 0 Å². The first-order chi connectivity index (χ1) is 10.6. The van der Waals surface area contributed by atoms with Gasteiger partial charge in [0.1, 0.15) is 0 Å². The van der Waals surface area contributed by atoms with Crippen LogP contribution in [0.2, 0.25) is 0 Å². The molecular formula is C16H28O6S. The smallest absolute Gasteiger partial charge is 0.465 e. The Balaban J connectivity index is 4.93. The van der Waals surface area contributed by atoms with Crippen molar-refractivity contribution in [2.24, 2.45) is 5.41 Å². The molecule has 0 saturated carbocycles. The maximum Gasteiger partial charge on any atom is 0.516 e. The van der Waals surface area contributed by atoms with Gasteiger partial charge in [-0.2, -0.15) is 11.8 Å². The molecule has 1 unspecified atom stereocenters. The molecule has 0 spiro atoms. The molecular weight excluding hydrogens is 320 g/mol. The van der Waals surface area contributed by atoms with Crippen LogP contribution < -0.4 is 0 Å². The number of thioether (sulfide) groups is 1. The molecule has 0 radical (unpaired) electrons. The van der Waals surface area contributed by atoms with E-state index >= 15 is 0 Å². The van der Waals surface area contributed by atoms with Crippen molar-refractivity contribution in [2.75, 3.05) is 19.0 Å². The quantitative estimate of drug-likeness (QED) is 0.377. The average molecular weight is 348 g/mol. The Morgan fingerprint density at radius 2 is 1.57 bits per heavy atom. The highest BCUT2D eigenvalue weighted by Gasteiger charge is 2.46. The maximum atomic E-state index is 12.3. The molecule has 7 heteroatoms. The average Bonchev–Trinajstić information content (AvgIpc) is 2.44. The Labute approximate surface area is 142 Å². The van der Waals surface area contributed by atoms with Gasteiger partial charge >= 0.3 is 18.1 Å². The van der Waals surface area contributed by atoms with Gasteiger partial charge in [0, 0.05) is 10.5 Å². The number of ether oxygens (including phenoxy) is 3. The molecule has 0 amide bonds. The molecule has 0 aliphatic rings. The van der Waals surface area contributed by atoms with Crippen molar-refractivity contribution in [3.05, 3.63) is 0 Å². The summed E-state index contributed by atoms with van der Waals surface area (Å²) >= 11 is 1.42. The van der Waals surface area contributed by atoms with Crippen LogP contribution in [-0.2, 0) is 23.8 Å². The highest BCUT2D eigenvalue weighted by atomic mass is 32.2. The molecule has 134 valence electrons. The molecule has 0 rings (SSSR count). The Morgan fingerprint density at radius 3 is 2.04 bits per heavy atom. The van der Waals surface area contributed by atoms with Crippen LogP contribution in [0.5, 0.6) is 0 Å².